The molecule has 2 saturated carbocycles. The van der Waals surface area contributed by atoms with Gasteiger partial charge in [-0.05, 0) is 50.2 Å². The third kappa shape index (κ3) is 3.37. The largest absolute Gasteiger partial charge is 0.335 e. The molecule has 0 radical (unpaired) electrons. The van der Waals surface area contributed by atoms with E-state index in [0.29, 0.717) is 5.92 Å². The zero-order valence-corrected chi connectivity index (χ0v) is 14.6. The smallest absolute Gasteiger partial charge is 0.318 e. The van der Waals surface area contributed by atoms with Crippen LogP contribution in [0.25, 0.3) is 0 Å². The molecule has 3 atom stereocenters. The number of piperidine rings is 1. The number of nitrogens with zero attached hydrogens (tertiary/aromatic N) is 1. The van der Waals surface area contributed by atoms with Gasteiger partial charge in [-0.15, -0.1) is 0 Å². The maximum Gasteiger partial charge on any atom is 0.318 e. The summed E-state index contributed by atoms with van der Waals surface area (Å²) >= 11 is 0. The molecule has 1 aliphatic heterocycles. The molecule has 5 heteroatoms. The predicted octanol–water partition coefficient (Wildman–Crippen LogP) is 3.52. The van der Waals surface area contributed by atoms with Crippen molar-refractivity contribution in [1.29, 1.82) is 0 Å². The summed E-state index contributed by atoms with van der Waals surface area (Å²) in [5.74, 6) is 0.253. The maximum absolute atomic E-state index is 12.9. The van der Waals surface area contributed by atoms with Crippen LogP contribution < -0.4 is 10.6 Å². The third-order valence-electron chi connectivity index (χ3n) is 6.06. The molecule has 2 bridgehead atoms. The van der Waals surface area contributed by atoms with Gasteiger partial charge in [0, 0.05) is 17.8 Å². The maximum atomic E-state index is 12.9. The van der Waals surface area contributed by atoms with Crippen LogP contribution in [0, 0.1) is 5.92 Å². The predicted molar refractivity (Wildman–Crippen MR) is 97.2 cm³/mol. The van der Waals surface area contributed by atoms with E-state index in [0.717, 1.165) is 37.8 Å². The van der Waals surface area contributed by atoms with Crippen LogP contribution in [0.15, 0.2) is 30.3 Å². The van der Waals surface area contributed by atoms with Gasteiger partial charge in [0.1, 0.15) is 6.04 Å². The molecule has 0 unspecified atom stereocenters. The van der Waals surface area contributed by atoms with Gasteiger partial charge in [-0.2, -0.15) is 0 Å². The Morgan fingerprint density at radius 1 is 0.960 bits per heavy atom. The van der Waals surface area contributed by atoms with Crippen molar-refractivity contribution in [1.82, 2.24) is 10.2 Å². The quantitative estimate of drug-likeness (QED) is 0.883. The third-order valence-corrected chi connectivity index (χ3v) is 6.06. The molecule has 2 N–H and O–H groups in total. The Kier molecular flexibility index (Phi) is 4.64. The number of para-hydroxylation sites is 1. The highest BCUT2D eigenvalue weighted by Crippen LogP contribution is 2.43. The van der Waals surface area contributed by atoms with Gasteiger partial charge in [0.05, 0.1) is 0 Å². The van der Waals surface area contributed by atoms with Crippen LogP contribution in [0.5, 0.6) is 0 Å². The van der Waals surface area contributed by atoms with E-state index in [2.05, 4.69) is 10.6 Å². The highest BCUT2D eigenvalue weighted by atomic mass is 16.2. The topological polar surface area (TPSA) is 61.4 Å². The van der Waals surface area contributed by atoms with Crippen molar-refractivity contribution < 1.29 is 9.59 Å². The number of rotatable bonds is 3. The van der Waals surface area contributed by atoms with E-state index in [1.54, 1.807) is 0 Å². The minimum Gasteiger partial charge on any atom is -0.335 e. The van der Waals surface area contributed by atoms with Crippen molar-refractivity contribution in [2.45, 2.75) is 69.5 Å². The fourth-order valence-electron chi connectivity index (χ4n) is 4.85. The molecule has 3 aliphatic rings. The summed E-state index contributed by atoms with van der Waals surface area (Å²) in [6, 6.07) is 9.65. The summed E-state index contributed by atoms with van der Waals surface area (Å²) in [5.41, 5.74) is 0.794. The van der Waals surface area contributed by atoms with Gasteiger partial charge in [-0.1, -0.05) is 37.5 Å². The summed E-state index contributed by atoms with van der Waals surface area (Å²) in [7, 11) is 0. The lowest BCUT2D eigenvalue weighted by molar-refractivity contribution is -0.121. The van der Waals surface area contributed by atoms with Crippen LogP contribution >= 0.6 is 0 Å². The highest BCUT2D eigenvalue weighted by molar-refractivity contribution is 5.98. The normalized spacial score (nSPS) is 28.8. The van der Waals surface area contributed by atoms with Crippen molar-refractivity contribution in [3.8, 4) is 0 Å². The number of nitrogens with one attached hydrogen (secondary N) is 2. The summed E-state index contributed by atoms with van der Waals surface area (Å²) in [6.07, 6.45) is 8.81. The Labute approximate surface area is 149 Å². The molecule has 3 amide bonds. The average Bonchev–Trinajstić information content (AvgIpc) is 3.24. The number of likely N-dealkylation sites (tertiary alicyclic amines) is 1. The number of hydrogen-bond acceptors (Lipinski definition) is 2. The lowest BCUT2D eigenvalue weighted by Gasteiger charge is -2.36. The van der Waals surface area contributed by atoms with Gasteiger partial charge in [-0.3, -0.25) is 4.79 Å². The molecule has 1 heterocycles. The van der Waals surface area contributed by atoms with E-state index < -0.39 is 0 Å². The van der Waals surface area contributed by atoms with Crippen molar-refractivity contribution >= 4 is 17.6 Å². The first kappa shape index (κ1) is 16.4. The molecule has 4 rings (SSSR count). The summed E-state index contributed by atoms with van der Waals surface area (Å²) in [6.45, 7) is 0. The molecule has 3 fully saturated rings. The number of hydrogen-bond donors (Lipinski definition) is 2. The second-order valence-electron chi connectivity index (χ2n) is 7.72. The molecule has 2 aliphatic carbocycles. The zero-order valence-electron chi connectivity index (χ0n) is 14.6. The number of carbonyl (C=O) groups is 2. The molecule has 1 aromatic carbocycles. The Balaban J connectivity index is 1.45. The molecule has 134 valence electrons. The molecule has 0 aromatic heterocycles. The summed E-state index contributed by atoms with van der Waals surface area (Å²) in [4.78, 5) is 27.6. The highest BCUT2D eigenvalue weighted by Gasteiger charge is 2.51. The Hall–Kier alpha value is -2.04. The van der Waals surface area contributed by atoms with E-state index >= 15 is 0 Å². The zero-order chi connectivity index (χ0) is 17.2. The fraction of sp³-hybridized carbons (Fsp3) is 0.600. The van der Waals surface area contributed by atoms with Crippen molar-refractivity contribution in [2.75, 3.05) is 5.32 Å². The average molecular weight is 341 g/mol. The number of amides is 3. The minimum absolute atomic E-state index is 0.0349. The molecular weight excluding hydrogens is 314 g/mol. The number of anilines is 1. The van der Waals surface area contributed by atoms with Gasteiger partial charge in [-0.25, -0.2) is 4.79 Å². The number of carbonyl (C=O) groups excluding carboxylic acids is 2. The van der Waals surface area contributed by atoms with Crippen molar-refractivity contribution in [2.24, 2.45) is 5.92 Å². The van der Waals surface area contributed by atoms with Crippen LogP contribution in [0.2, 0.25) is 0 Å². The lowest BCUT2D eigenvalue weighted by atomic mass is 9.95. The van der Waals surface area contributed by atoms with E-state index in [4.69, 9.17) is 0 Å². The second kappa shape index (κ2) is 7.06. The van der Waals surface area contributed by atoms with Crippen LogP contribution in [0.3, 0.4) is 0 Å². The number of fused-ring (bicyclic) bond motifs is 2. The first-order chi connectivity index (χ1) is 12.2. The van der Waals surface area contributed by atoms with E-state index in [1.165, 1.54) is 19.3 Å². The number of urea groups is 1. The Morgan fingerprint density at radius 3 is 2.48 bits per heavy atom. The first-order valence-electron chi connectivity index (χ1n) is 9.67. The lowest BCUT2D eigenvalue weighted by Crippen LogP contribution is -2.56. The van der Waals surface area contributed by atoms with Crippen LogP contribution in [-0.2, 0) is 4.79 Å². The SMILES string of the molecule is O=C(Nc1ccccc1)[C@H]1[C@H]2CC[C@@H](C2)N1C(=O)NC1CCCCC1. The van der Waals surface area contributed by atoms with Gasteiger partial charge in [0.15, 0.2) is 0 Å². The van der Waals surface area contributed by atoms with Gasteiger partial charge < -0.3 is 15.5 Å². The fourth-order valence-corrected chi connectivity index (χ4v) is 4.85. The molecular formula is C20H27N3O2. The minimum atomic E-state index is -0.331. The van der Waals surface area contributed by atoms with Gasteiger partial charge in [0.2, 0.25) is 5.91 Å². The molecule has 0 spiro atoms. The summed E-state index contributed by atoms with van der Waals surface area (Å²) < 4.78 is 0. The monoisotopic (exact) mass is 341 g/mol. The molecule has 25 heavy (non-hydrogen) atoms. The number of benzene rings is 1. The Bertz CT molecular complexity index is 627. The Morgan fingerprint density at radius 2 is 1.72 bits per heavy atom. The van der Waals surface area contributed by atoms with Crippen LogP contribution in [-0.4, -0.2) is 35.0 Å². The van der Waals surface area contributed by atoms with Crippen molar-refractivity contribution in [3.63, 3.8) is 0 Å². The standard InChI is InChI=1S/C20H27N3O2/c24-19(21-15-7-3-1-4-8-15)18-14-11-12-17(13-14)23(18)20(25)22-16-9-5-2-6-10-16/h1,3-4,7-8,14,16-18H,2,5-6,9-13H2,(H,21,24)(H,22,25)/t14-,17-,18+/m0/s1. The molecule has 1 saturated heterocycles. The molecule has 5 nitrogen and oxygen atoms in total. The van der Waals surface area contributed by atoms with E-state index in [-0.39, 0.29) is 30.1 Å². The van der Waals surface area contributed by atoms with E-state index in [9.17, 15) is 9.59 Å². The van der Waals surface area contributed by atoms with Crippen LogP contribution in [0.1, 0.15) is 51.4 Å². The second-order valence-corrected chi connectivity index (χ2v) is 7.72. The molecule has 1 aromatic rings. The first-order valence-corrected chi connectivity index (χ1v) is 9.67. The van der Waals surface area contributed by atoms with Gasteiger partial charge >= 0.3 is 6.03 Å². The van der Waals surface area contributed by atoms with Crippen molar-refractivity contribution in [3.05, 3.63) is 30.3 Å². The van der Waals surface area contributed by atoms with Crippen LogP contribution in [0.4, 0.5) is 10.5 Å². The van der Waals surface area contributed by atoms with Gasteiger partial charge in [0.25, 0.3) is 0 Å². The van der Waals surface area contributed by atoms with E-state index in [1.807, 2.05) is 35.2 Å². The summed E-state index contributed by atoms with van der Waals surface area (Å²) in [5, 5.41) is 6.20.